The van der Waals surface area contributed by atoms with Crippen molar-refractivity contribution in [2.24, 2.45) is 5.92 Å². The molecule has 0 aliphatic carbocycles. The fourth-order valence-electron chi connectivity index (χ4n) is 6.34. The molecule has 9 nitrogen and oxygen atoms in total. The molecule has 1 amide bonds. The molecule has 3 N–H and O–H groups in total. The van der Waals surface area contributed by atoms with E-state index in [-0.39, 0.29) is 42.6 Å². The number of benzene rings is 5. The summed E-state index contributed by atoms with van der Waals surface area (Å²) in [5.74, 6) is 1.07. The molecule has 5 aromatic carbocycles. The van der Waals surface area contributed by atoms with Crippen LogP contribution in [0.4, 0.5) is 0 Å². The highest BCUT2D eigenvalue weighted by molar-refractivity contribution is 7.99. The smallest absolute Gasteiger partial charge is 0.241 e. The normalized spacial score (nSPS) is 19.2. The molecule has 54 heavy (non-hydrogen) atoms. The summed E-state index contributed by atoms with van der Waals surface area (Å²) in [6.07, 6.45) is -0.886. The Labute approximate surface area is 322 Å². The number of methoxy groups -OCH3 is 1. The summed E-state index contributed by atoms with van der Waals surface area (Å²) >= 11 is 1.68. The molecule has 5 atom stereocenters. The van der Waals surface area contributed by atoms with E-state index >= 15 is 0 Å². The van der Waals surface area contributed by atoms with Crippen LogP contribution in [0, 0.1) is 12.8 Å². The second-order valence-corrected chi connectivity index (χ2v) is 16.2. The fourth-order valence-corrected chi connectivity index (χ4v) is 8.73. The van der Waals surface area contributed by atoms with Crippen molar-refractivity contribution >= 4 is 27.7 Å². The van der Waals surface area contributed by atoms with Crippen LogP contribution in [0.5, 0.6) is 5.75 Å². The first-order chi connectivity index (χ1) is 26.1. The van der Waals surface area contributed by atoms with Gasteiger partial charge in [-0.2, -0.15) is 4.72 Å². The number of rotatable bonds is 15. The van der Waals surface area contributed by atoms with Crippen molar-refractivity contribution in [3.8, 4) is 5.75 Å². The van der Waals surface area contributed by atoms with Gasteiger partial charge in [-0.1, -0.05) is 116 Å². The number of aryl methyl sites for hydroxylation is 1. The van der Waals surface area contributed by atoms with Gasteiger partial charge in [0, 0.05) is 28.7 Å². The highest BCUT2D eigenvalue weighted by Gasteiger charge is 2.38. The number of amides is 1. The predicted octanol–water partition coefficient (Wildman–Crippen LogP) is 7.29. The Balaban J connectivity index is 1.16. The number of aliphatic hydroxyl groups excluding tert-OH is 1. The average molecular weight is 767 g/mol. The quantitative estimate of drug-likeness (QED) is 0.0951. The summed E-state index contributed by atoms with van der Waals surface area (Å²) in [7, 11) is -2.29. The zero-order valence-electron chi connectivity index (χ0n) is 30.6. The molecule has 1 saturated heterocycles. The van der Waals surface area contributed by atoms with Gasteiger partial charge in [0.2, 0.25) is 15.9 Å². The van der Waals surface area contributed by atoms with Crippen LogP contribution < -0.4 is 14.8 Å². The van der Waals surface area contributed by atoms with E-state index in [1.54, 1.807) is 31.0 Å². The number of carbonyl (C=O) groups is 1. The Bertz CT molecular complexity index is 2080. The molecule has 0 bridgehead atoms. The molecule has 1 aliphatic rings. The van der Waals surface area contributed by atoms with Crippen LogP contribution in [0.25, 0.3) is 0 Å². The maximum absolute atomic E-state index is 13.6. The van der Waals surface area contributed by atoms with Crippen molar-refractivity contribution in [3.63, 3.8) is 0 Å². The van der Waals surface area contributed by atoms with Crippen molar-refractivity contribution < 1.29 is 32.5 Å². The fraction of sp³-hybridized carbons (Fsp3) is 0.279. The third kappa shape index (κ3) is 9.97. The van der Waals surface area contributed by atoms with E-state index in [4.69, 9.17) is 14.2 Å². The monoisotopic (exact) mass is 766 g/mol. The number of aliphatic hydroxyl groups is 1. The van der Waals surface area contributed by atoms with Gasteiger partial charge in [-0.15, -0.1) is 11.8 Å². The highest BCUT2D eigenvalue weighted by Crippen LogP contribution is 2.43. The topological polar surface area (TPSA) is 123 Å². The Morgan fingerprint density at radius 3 is 2.15 bits per heavy atom. The van der Waals surface area contributed by atoms with Crippen LogP contribution in [0.3, 0.4) is 0 Å². The number of nitrogens with one attached hydrogen (secondary N) is 2. The van der Waals surface area contributed by atoms with E-state index in [0.29, 0.717) is 5.75 Å². The standard InChI is InChI=1S/C43H46N2O7S2/c1-29-13-23-36(24-14-29)54(48,49)45-37(25-31-9-5-4-6-10-31)42(47)44-26-32-15-21-35(22-16-32)43-51-39(28-53-40-12-8-7-11-38(40)50-3)30(2)41(52-43)34-19-17-33(27-46)18-20-34/h4-24,30,37,39,41,43,45-46H,25-28H2,1-3H3,(H,44,47). The molecule has 0 spiro atoms. The van der Waals surface area contributed by atoms with Crippen LogP contribution in [-0.4, -0.2) is 44.4 Å². The zero-order valence-corrected chi connectivity index (χ0v) is 32.2. The molecule has 1 fully saturated rings. The van der Waals surface area contributed by atoms with Crippen molar-refractivity contribution in [1.82, 2.24) is 10.0 Å². The SMILES string of the molecule is COc1ccccc1SCC1OC(c2ccc(CNC(=O)C(Cc3ccccc3)NS(=O)(=O)c3ccc(C)cc3)cc2)OC(c2ccc(CO)cc2)C1C. The van der Waals surface area contributed by atoms with Crippen molar-refractivity contribution in [2.45, 2.75) is 67.8 Å². The summed E-state index contributed by atoms with van der Waals surface area (Å²) in [6, 6.07) is 38.2. The summed E-state index contributed by atoms with van der Waals surface area (Å²) in [5.41, 5.74) is 5.26. The van der Waals surface area contributed by atoms with E-state index in [2.05, 4.69) is 17.0 Å². The minimum absolute atomic E-state index is 0.0187. The van der Waals surface area contributed by atoms with Gasteiger partial charge >= 0.3 is 0 Å². The molecule has 11 heteroatoms. The molecule has 5 unspecified atom stereocenters. The number of carbonyl (C=O) groups excluding carboxylic acids is 1. The molecule has 6 rings (SSSR count). The lowest BCUT2D eigenvalue weighted by Gasteiger charge is -2.41. The van der Waals surface area contributed by atoms with E-state index < -0.39 is 28.3 Å². The number of hydrogen-bond donors (Lipinski definition) is 3. The lowest BCUT2D eigenvalue weighted by Crippen LogP contribution is -2.47. The zero-order chi connectivity index (χ0) is 38.1. The molecule has 0 radical (unpaired) electrons. The van der Waals surface area contributed by atoms with Crippen LogP contribution in [-0.2, 0) is 43.9 Å². The van der Waals surface area contributed by atoms with Crippen molar-refractivity contribution in [2.75, 3.05) is 12.9 Å². The van der Waals surface area contributed by atoms with E-state index in [1.807, 2.05) is 110 Å². The first kappa shape index (κ1) is 39.2. The minimum atomic E-state index is -3.96. The second kappa shape index (κ2) is 18.2. The number of sulfonamides is 1. The third-order valence-corrected chi connectivity index (χ3v) is 12.2. The van der Waals surface area contributed by atoms with E-state index in [9.17, 15) is 18.3 Å². The van der Waals surface area contributed by atoms with Gasteiger partial charge in [-0.05, 0) is 59.9 Å². The predicted molar refractivity (Wildman–Crippen MR) is 210 cm³/mol. The summed E-state index contributed by atoms with van der Waals surface area (Å²) < 4.78 is 48.1. The number of thioether (sulfide) groups is 1. The minimum Gasteiger partial charge on any atom is -0.496 e. The van der Waals surface area contributed by atoms with Crippen LogP contribution in [0.1, 0.15) is 52.7 Å². The molecular weight excluding hydrogens is 721 g/mol. The Kier molecular flexibility index (Phi) is 13.2. The first-order valence-electron chi connectivity index (χ1n) is 17.9. The Morgan fingerprint density at radius 1 is 0.815 bits per heavy atom. The molecule has 5 aromatic rings. The third-order valence-electron chi connectivity index (χ3n) is 9.54. The number of ether oxygens (including phenoxy) is 3. The van der Waals surface area contributed by atoms with Gasteiger partial charge in [-0.3, -0.25) is 4.79 Å². The summed E-state index contributed by atoms with van der Waals surface area (Å²) in [6.45, 7) is 4.17. The lowest BCUT2D eigenvalue weighted by atomic mass is 9.91. The van der Waals surface area contributed by atoms with Gasteiger partial charge in [-0.25, -0.2) is 8.42 Å². The van der Waals surface area contributed by atoms with E-state index in [0.717, 1.165) is 44.0 Å². The Hall–Kier alpha value is -4.49. The molecule has 1 heterocycles. The summed E-state index contributed by atoms with van der Waals surface area (Å²) in [5, 5.41) is 12.5. The highest BCUT2D eigenvalue weighted by atomic mass is 32.2. The van der Waals surface area contributed by atoms with Gasteiger partial charge in [0.1, 0.15) is 11.8 Å². The van der Waals surface area contributed by atoms with Gasteiger partial charge < -0.3 is 24.6 Å². The van der Waals surface area contributed by atoms with Crippen LogP contribution in [0.15, 0.2) is 137 Å². The molecular formula is C43H46N2O7S2. The van der Waals surface area contributed by atoms with Crippen LogP contribution >= 0.6 is 11.8 Å². The average Bonchev–Trinajstić information content (AvgIpc) is 3.20. The van der Waals surface area contributed by atoms with Gasteiger partial charge in [0.05, 0.1) is 30.8 Å². The van der Waals surface area contributed by atoms with Crippen molar-refractivity contribution in [1.29, 1.82) is 0 Å². The Morgan fingerprint density at radius 2 is 1.46 bits per heavy atom. The molecule has 1 aliphatic heterocycles. The lowest BCUT2D eigenvalue weighted by molar-refractivity contribution is -0.268. The second-order valence-electron chi connectivity index (χ2n) is 13.4. The first-order valence-corrected chi connectivity index (χ1v) is 20.4. The molecule has 282 valence electrons. The van der Waals surface area contributed by atoms with Gasteiger partial charge in [0.15, 0.2) is 6.29 Å². The largest absolute Gasteiger partial charge is 0.496 e. The van der Waals surface area contributed by atoms with E-state index in [1.165, 1.54) is 12.1 Å². The van der Waals surface area contributed by atoms with Crippen molar-refractivity contribution in [3.05, 3.63) is 161 Å². The van der Waals surface area contributed by atoms with Crippen LogP contribution in [0.2, 0.25) is 0 Å². The molecule has 0 aromatic heterocycles. The maximum atomic E-state index is 13.6. The number of hydrogen-bond acceptors (Lipinski definition) is 8. The summed E-state index contributed by atoms with van der Waals surface area (Å²) in [4.78, 5) is 14.7. The maximum Gasteiger partial charge on any atom is 0.241 e. The van der Waals surface area contributed by atoms with Gasteiger partial charge in [0.25, 0.3) is 0 Å². The molecule has 0 saturated carbocycles. The number of para-hydroxylation sites is 1.